The summed E-state index contributed by atoms with van der Waals surface area (Å²) in [5.74, 6) is 1.22. The van der Waals surface area contributed by atoms with Crippen molar-refractivity contribution in [3.63, 3.8) is 0 Å². The van der Waals surface area contributed by atoms with Gasteiger partial charge in [-0.05, 0) is 50.7 Å². The van der Waals surface area contributed by atoms with E-state index in [0.29, 0.717) is 18.3 Å². The Morgan fingerprint density at radius 2 is 1.79 bits per heavy atom. The first-order valence-corrected chi connectivity index (χ1v) is 9.09. The van der Waals surface area contributed by atoms with Gasteiger partial charge in [0.1, 0.15) is 0 Å². The molecule has 0 amide bonds. The minimum atomic E-state index is -2.90. The molecule has 1 heterocycles. The van der Waals surface area contributed by atoms with E-state index in [-0.39, 0.29) is 17.5 Å². The van der Waals surface area contributed by atoms with Gasteiger partial charge in [-0.15, -0.1) is 10.2 Å². The molecule has 8 heteroatoms. The number of benzene rings is 2. The summed E-state index contributed by atoms with van der Waals surface area (Å²) in [4.78, 5) is 2.01. The molecule has 0 saturated carbocycles. The zero-order valence-electron chi connectivity index (χ0n) is 16.7. The lowest BCUT2D eigenvalue weighted by Gasteiger charge is -2.22. The van der Waals surface area contributed by atoms with Crippen LogP contribution in [0.25, 0.3) is 11.5 Å². The molecule has 3 rings (SSSR count). The van der Waals surface area contributed by atoms with Crippen LogP contribution in [0.2, 0.25) is 0 Å². The Morgan fingerprint density at radius 3 is 2.45 bits per heavy atom. The number of methoxy groups -OCH3 is 1. The highest BCUT2D eigenvalue weighted by molar-refractivity contribution is 5.52. The molecule has 2 aromatic carbocycles. The van der Waals surface area contributed by atoms with Crippen LogP contribution in [0.5, 0.6) is 11.5 Å². The Bertz CT molecular complexity index is 945. The highest BCUT2D eigenvalue weighted by Crippen LogP contribution is 2.31. The molecule has 3 aromatic rings. The second kappa shape index (κ2) is 9.00. The lowest BCUT2D eigenvalue weighted by molar-refractivity contribution is -0.0512. The summed E-state index contributed by atoms with van der Waals surface area (Å²) in [6.45, 7) is 1.59. The molecule has 29 heavy (non-hydrogen) atoms. The third-order valence-electron chi connectivity index (χ3n) is 4.63. The molecule has 0 unspecified atom stereocenters. The molecular weight excluding hydrogens is 380 g/mol. The molecular formula is C21H23F2N3O3. The van der Waals surface area contributed by atoms with Crippen molar-refractivity contribution in [2.75, 3.05) is 14.2 Å². The molecule has 6 nitrogen and oxygen atoms in total. The molecule has 0 aliphatic heterocycles. The van der Waals surface area contributed by atoms with Gasteiger partial charge in [0.2, 0.25) is 11.8 Å². The van der Waals surface area contributed by atoms with Gasteiger partial charge in [0.15, 0.2) is 11.5 Å². The summed E-state index contributed by atoms with van der Waals surface area (Å²) >= 11 is 0. The van der Waals surface area contributed by atoms with Gasteiger partial charge in [-0.3, -0.25) is 4.90 Å². The van der Waals surface area contributed by atoms with Crippen molar-refractivity contribution < 1.29 is 22.7 Å². The maximum atomic E-state index is 12.5. The first-order chi connectivity index (χ1) is 13.9. The van der Waals surface area contributed by atoms with Gasteiger partial charge < -0.3 is 13.9 Å². The van der Waals surface area contributed by atoms with Crippen molar-refractivity contribution in [2.24, 2.45) is 0 Å². The fraction of sp³-hybridized carbons (Fsp3) is 0.333. The standard InChI is InChI=1S/C21H23F2N3O3/c1-13-5-8-16(9-6-13)20-25-24-19(29-20)14(2)26(3)12-15-7-10-17(28-21(22)23)18(11-15)27-4/h5-11,14,21H,12H2,1-4H3/t14-/m0/s1. The van der Waals surface area contributed by atoms with Gasteiger partial charge in [-0.25, -0.2) is 0 Å². The number of aromatic nitrogens is 2. The van der Waals surface area contributed by atoms with Crippen molar-refractivity contribution in [3.8, 4) is 23.0 Å². The Kier molecular flexibility index (Phi) is 6.43. The van der Waals surface area contributed by atoms with Crippen molar-refractivity contribution in [1.29, 1.82) is 0 Å². The summed E-state index contributed by atoms with van der Waals surface area (Å²) in [6.07, 6.45) is 0. The Labute approximate surface area is 168 Å². The summed E-state index contributed by atoms with van der Waals surface area (Å²) < 4.78 is 40.4. The van der Waals surface area contributed by atoms with Crippen molar-refractivity contribution >= 4 is 0 Å². The second-order valence-electron chi connectivity index (χ2n) is 6.77. The van der Waals surface area contributed by atoms with Gasteiger partial charge in [0.25, 0.3) is 0 Å². The van der Waals surface area contributed by atoms with Gasteiger partial charge in [0, 0.05) is 12.1 Å². The quantitative estimate of drug-likeness (QED) is 0.536. The van der Waals surface area contributed by atoms with E-state index in [2.05, 4.69) is 14.9 Å². The third-order valence-corrected chi connectivity index (χ3v) is 4.63. The maximum absolute atomic E-state index is 12.5. The molecule has 1 aromatic heterocycles. The van der Waals surface area contributed by atoms with Crippen molar-refractivity contribution in [3.05, 3.63) is 59.5 Å². The molecule has 0 aliphatic carbocycles. The predicted molar refractivity (Wildman–Crippen MR) is 104 cm³/mol. The molecule has 154 valence electrons. The van der Waals surface area contributed by atoms with E-state index >= 15 is 0 Å². The average molecular weight is 403 g/mol. The average Bonchev–Trinajstić information content (AvgIpc) is 3.18. The van der Waals surface area contributed by atoms with E-state index in [1.165, 1.54) is 13.2 Å². The Morgan fingerprint density at radius 1 is 1.07 bits per heavy atom. The van der Waals surface area contributed by atoms with E-state index in [1.807, 2.05) is 50.1 Å². The first kappa shape index (κ1) is 20.7. The minimum Gasteiger partial charge on any atom is -0.493 e. The summed E-state index contributed by atoms with van der Waals surface area (Å²) in [7, 11) is 3.32. The lowest BCUT2D eigenvalue weighted by Crippen LogP contribution is -2.22. The fourth-order valence-corrected chi connectivity index (χ4v) is 2.83. The third kappa shape index (κ3) is 5.08. The zero-order chi connectivity index (χ0) is 21.0. The Hall–Kier alpha value is -3.00. The first-order valence-electron chi connectivity index (χ1n) is 9.09. The number of rotatable bonds is 8. The van der Waals surface area contributed by atoms with Crippen LogP contribution in [0.3, 0.4) is 0 Å². The van der Waals surface area contributed by atoms with Crippen LogP contribution in [0, 0.1) is 6.92 Å². The van der Waals surface area contributed by atoms with E-state index in [4.69, 9.17) is 9.15 Å². The normalized spacial score (nSPS) is 12.4. The second-order valence-corrected chi connectivity index (χ2v) is 6.77. The van der Waals surface area contributed by atoms with Gasteiger partial charge in [-0.2, -0.15) is 8.78 Å². The van der Waals surface area contributed by atoms with E-state index in [0.717, 1.165) is 16.7 Å². The highest BCUT2D eigenvalue weighted by atomic mass is 19.3. The monoisotopic (exact) mass is 403 g/mol. The van der Waals surface area contributed by atoms with Gasteiger partial charge >= 0.3 is 6.61 Å². The largest absolute Gasteiger partial charge is 0.493 e. The van der Waals surface area contributed by atoms with E-state index < -0.39 is 6.61 Å². The maximum Gasteiger partial charge on any atom is 0.387 e. The number of ether oxygens (including phenoxy) is 2. The molecule has 0 aliphatic rings. The van der Waals surface area contributed by atoms with Crippen molar-refractivity contribution in [2.45, 2.75) is 33.0 Å². The van der Waals surface area contributed by atoms with Gasteiger partial charge in [-0.1, -0.05) is 23.8 Å². The van der Waals surface area contributed by atoms with Crippen LogP contribution in [-0.4, -0.2) is 35.9 Å². The zero-order valence-corrected chi connectivity index (χ0v) is 16.7. The van der Waals surface area contributed by atoms with Gasteiger partial charge in [0.05, 0.1) is 13.2 Å². The van der Waals surface area contributed by atoms with E-state index in [1.54, 1.807) is 12.1 Å². The number of alkyl halides is 2. The molecule has 0 N–H and O–H groups in total. The summed E-state index contributed by atoms with van der Waals surface area (Å²) in [6, 6.07) is 12.6. The number of hydrogen-bond donors (Lipinski definition) is 0. The predicted octanol–water partition coefficient (Wildman–Crippen LogP) is 4.85. The number of aryl methyl sites for hydroxylation is 1. The number of hydrogen-bond acceptors (Lipinski definition) is 6. The number of nitrogens with zero attached hydrogens (tertiary/aromatic N) is 3. The van der Waals surface area contributed by atoms with Crippen LogP contribution in [0.15, 0.2) is 46.9 Å². The molecule has 0 bridgehead atoms. The topological polar surface area (TPSA) is 60.6 Å². The molecule has 0 fully saturated rings. The summed E-state index contributed by atoms with van der Waals surface area (Å²) in [5, 5.41) is 8.31. The highest BCUT2D eigenvalue weighted by Gasteiger charge is 2.20. The van der Waals surface area contributed by atoms with Crippen LogP contribution in [0.4, 0.5) is 8.78 Å². The number of halogens is 2. The fourth-order valence-electron chi connectivity index (χ4n) is 2.83. The SMILES string of the molecule is COc1cc(CN(C)[C@@H](C)c2nnc(-c3ccc(C)cc3)o2)ccc1OC(F)F. The molecule has 1 atom stereocenters. The summed E-state index contributed by atoms with van der Waals surface area (Å²) in [5.41, 5.74) is 2.89. The van der Waals surface area contributed by atoms with Crippen LogP contribution >= 0.6 is 0 Å². The Balaban J connectivity index is 1.70. The van der Waals surface area contributed by atoms with E-state index in [9.17, 15) is 8.78 Å². The van der Waals surface area contributed by atoms with Crippen molar-refractivity contribution in [1.82, 2.24) is 15.1 Å². The molecule has 0 spiro atoms. The lowest BCUT2D eigenvalue weighted by atomic mass is 10.1. The minimum absolute atomic E-state index is 0.00147. The van der Waals surface area contributed by atoms with Crippen LogP contribution in [-0.2, 0) is 6.54 Å². The molecule has 0 saturated heterocycles. The van der Waals surface area contributed by atoms with Crippen LogP contribution in [0.1, 0.15) is 30.0 Å². The molecule has 0 radical (unpaired) electrons. The smallest absolute Gasteiger partial charge is 0.387 e. The van der Waals surface area contributed by atoms with Crippen LogP contribution < -0.4 is 9.47 Å².